The highest BCUT2D eigenvalue weighted by Gasteiger charge is 2.38. The second kappa shape index (κ2) is 7.75. The largest absolute Gasteiger partial charge is 0.465 e. The summed E-state index contributed by atoms with van der Waals surface area (Å²) in [6, 6.07) is 11.6. The molecule has 4 rings (SSSR count). The van der Waals surface area contributed by atoms with E-state index < -0.39 is 12.0 Å². The number of benzene rings is 2. The summed E-state index contributed by atoms with van der Waals surface area (Å²) in [5.41, 5.74) is 2.71. The molecular formula is C21H20ClN3O4. The van der Waals surface area contributed by atoms with Gasteiger partial charge in [0.15, 0.2) is 0 Å². The van der Waals surface area contributed by atoms with Crippen LogP contribution in [0.1, 0.15) is 27.5 Å². The van der Waals surface area contributed by atoms with Gasteiger partial charge in [0.2, 0.25) is 5.91 Å². The summed E-state index contributed by atoms with van der Waals surface area (Å²) >= 11 is 6.17. The second-order valence-electron chi connectivity index (χ2n) is 7.04. The highest BCUT2D eigenvalue weighted by Crippen LogP contribution is 2.34. The molecule has 1 fully saturated rings. The van der Waals surface area contributed by atoms with Crippen LogP contribution in [0.5, 0.6) is 0 Å². The zero-order chi connectivity index (χ0) is 20.5. The lowest BCUT2D eigenvalue weighted by Gasteiger charge is -2.44. The molecule has 1 atom stereocenters. The van der Waals surface area contributed by atoms with Gasteiger partial charge in [-0.05, 0) is 41.8 Å². The van der Waals surface area contributed by atoms with Gasteiger partial charge in [-0.1, -0.05) is 29.8 Å². The quantitative estimate of drug-likeness (QED) is 0.767. The van der Waals surface area contributed by atoms with Crippen LogP contribution in [0.3, 0.4) is 0 Å². The van der Waals surface area contributed by atoms with Gasteiger partial charge in [-0.25, -0.2) is 9.59 Å². The standard InChI is InChI=1S/C21H20ClN3O4/c1-29-20(27)15-4-2-3-5-17(15)23-21(28)24-11-18-16-10-14(22)7-6-13(16)8-9-25(18)19(26)12-24/h2-7,10,18H,8-9,11-12H2,1H3,(H,23,28). The zero-order valence-corrected chi connectivity index (χ0v) is 16.6. The van der Waals surface area contributed by atoms with Crippen molar-refractivity contribution in [2.75, 3.05) is 32.1 Å². The number of esters is 1. The SMILES string of the molecule is COC(=O)c1ccccc1NC(=O)N1CC(=O)N2CCc3ccc(Cl)cc3C2C1. The molecule has 0 aromatic heterocycles. The smallest absolute Gasteiger partial charge is 0.339 e. The van der Waals surface area contributed by atoms with Crippen LogP contribution < -0.4 is 5.32 Å². The van der Waals surface area contributed by atoms with E-state index in [4.69, 9.17) is 16.3 Å². The van der Waals surface area contributed by atoms with E-state index in [0.717, 1.165) is 17.5 Å². The van der Waals surface area contributed by atoms with Crippen molar-refractivity contribution in [2.45, 2.75) is 12.5 Å². The Bertz CT molecular complexity index is 994. The molecule has 29 heavy (non-hydrogen) atoms. The van der Waals surface area contributed by atoms with Crippen LogP contribution in [0.2, 0.25) is 5.02 Å². The molecule has 3 amide bonds. The molecule has 0 saturated carbocycles. The fourth-order valence-corrected chi connectivity index (χ4v) is 4.10. The number of halogens is 1. The minimum absolute atomic E-state index is 0.0153. The maximum absolute atomic E-state index is 12.9. The van der Waals surface area contributed by atoms with Crippen molar-refractivity contribution in [3.63, 3.8) is 0 Å². The molecular weight excluding hydrogens is 394 g/mol. The van der Waals surface area contributed by atoms with Crippen LogP contribution in [0.25, 0.3) is 0 Å². The number of rotatable bonds is 2. The fourth-order valence-electron chi connectivity index (χ4n) is 3.92. The molecule has 0 aliphatic carbocycles. The van der Waals surface area contributed by atoms with Crippen LogP contribution in [0, 0.1) is 0 Å². The Morgan fingerprint density at radius 2 is 2.00 bits per heavy atom. The molecule has 150 valence electrons. The van der Waals surface area contributed by atoms with E-state index in [1.165, 1.54) is 12.0 Å². The van der Waals surface area contributed by atoms with Crippen LogP contribution in [0.15, 0.2) is 42.5 Å². The number of nitrogens with zero attached hydrogens (tertiary/aromatic N) is 2. The van der Waals surface area contributed by atoms with Gasteiger partial charge in [0, 0.05) is 18.1 Å². The first-order valence-corrected chi connectivity index (χ1v) is 9.67. The monoisotopic (exact) mass is 413 g/mol. The number of urea groups is 1. The zero-order valence-electron chi connectivity index (χ0n) is 15.9. The lowest BCUT2D eigenvalue weighted by molar-refractivity contribution is -0.139. The minimum Gasteiger partial charge on any atom is -0.465 e. The summed E-state index contributed by atoms with van der Waals surface area (Å²) in [5.74, 6) is -0.652. The van der Waals surface area contributed by atoms with Crippen LogP contribution >= 0.6 is 11.6 Å². The Labute approximate surface area is 173 Å². The van der Waals surface area contributed by atoms with Crippen molar-refractivity contribution in [3.8, 4) is 0 Å². The Balaban J connectivity index is 1.57. The van der Waals surface area contributed by atoms with Gasteiger partial charge in [0.1, 0.15) is 6.54 Å². The van der Waals surface area contributed by atoms with Crippen molar-refractivity contribution in [2.24, 2.45) is 0 Å². The fraction of sp³-hybridized carbons (Fsp3) is 0.286. The molecule has 2 heterocycles. The number of amides is 3. The third-order valence-corrected chi connectivity index (χ3v) is 5.60. The normalized spacial score (nSPS) is 18.0. The number of piperazine rings is 1. The topological polar surface area (TPSA) is 79.0 Å². The summed E-state index contributed by atoms with van der Waals surface area (Å²) in [6.07, 6.45) is 0.771. The first-order chi connectivity index (χ1) is 14.0. The van der Waals surface area contributed by atoms with E-state index in [1.54, 1.807) is 24.3 Å². The molecule has 2 aromatic carbocycles. The third kappa shape index (κ3) is 3.65. The number of methoxy groups -OCH3 is 1. The summed E-state index contributed by atoms with van der Waals surface area (Å²) < 4.78 is 4.76. The maximum atomic E-state index is 12.9. The van der Waals surface area contributed by atoms with Crippen molar-refractivity contribution >= 4 is 35.2 Å². The van der Waals surface area contributed by atoms with Gasteiger partial charge in [0.25, 0.3) is 0 Å². The predicted molar refractivity (Wildman–Crippen MR) is 108 cm³/mol. The highest BCUT2D eigenvalue weighted by atomic mass is 35.5. The molecule has 2 aromatic rings. The number of ether oxygens (including phenoxy) is 1. The number of fused-ring (bicyclic) bond motifs is 3. The number of anilines is 1. The molecule has 1 saturated heterocycles. The number of hydrogen-bond donors (Lipinski definition) is 1. The minimum atomic E-state index is -0.544. The van der Waals surface area contributed by atoms with Gasteiger partial charge >= 0.3 is 12.0 Å². The highest BCUT2D eigenvalue weighted by molar-refractivity contribution is 6.30. The van der Waals surface area contributed by atoms with E-state index in [2.05, 4.69) is 5.32 Å². The number of para-hydroxylation sites is 1. The Kier molecular flexibility index (Phi) is 5.15. The summed E-state index contributed by atoms with van der Waals surface area (Å²) in [5, 5.41) is 3.34. The van der Waals surface area contributed by atoms with E-state index in [-0.39, 0.29) is 24.1 Å². The van der Waals surface area contributed by atoms with Gasteiger partial charge in [0.05, 0.1) is 24.4 Å². The van der Waals surface area contributed by atoms with Crippen LogP contribution in [-0.2, 0) is 16.0 Å². The molecule has 2 aliphatic rings. The lowest BCUT2D eigenvalue weighted by Crippen LogP contribution is -2.56. The maximum Gasteiger partial charge on any atom is 0.339 e. The molecule has 2 aliphatic heterocycles. The average molecular weight is 414 g/mol. The first-order valence-electron chi connectivity index (χ1n) is 9.29. The van der Waals surface area contributed by atoms with E-state index >= 15 is 0 Å². The van der Waals surface area contributed by atoms with Crippen molar-refractivity contribution < 1.29 is 19.1 Å². The molecule has 1 N–H and O–H groups in total. The van der Waals surface area contributed by atoms with E-state index in [9.17, 15) is 14.4 Å². The van der Waals surface area contributed by atoms with Crippen LogP contribution in [0.4, 0.5) is 10.5 Å². The van der Waals surface area contributed by atoms with Gasteiger partial charge in [-0.2, -0.15) is 0 Å². The first kappa shape index (κ1) is 19.3. The van der Waals surface area contributed by atoms with Gasteiger partial charge in [-0.15, -0.1) is 0 Å². The molecule has 0 radical (unpaired) electrons. The lowest BCUT2D eigenvalue weighted by atomic mass is 9.91. The Hall–Kier alpha value is -3.06. The molecule has 0 bridgehead atoms. The van der Waals surface area contributed by atoms with Crippen LogP contribution in [-0.4, -0.2) is 54.5 Å². The molecule has 8 heteroatoms. The van der Waals surface area contributed by atoms with E-state index in [1.807, 2.05) is 23.1 Å². The summed E-state index contributed by atoms with van der Waals surface area (Å²) in [7, 11) is 1.28. The van der Waals surface area contributed by atoms with Crippen molar-refractivity contribution in [3.05, 3.63) is 64.2 Å². The average Bonchev–Trinajstić information content (AvgIpc) is 2.73. The predicted octanol–water partition coefficient (Wildman–Crippen LogP) is 3.10. The van der Waals surface area contributed by atoms with Crippen molar-refractivity contribution in [1.29, 1.82) is 0 Å². The summed E-state index contributed by atoms with van der Waals surface area (Å²) in [4.78, 5) is 40.8. The van der Waals surface area contributed by atoms with Gasteiger partial charge in [-0.3, -0.25) is 4.79 Å². The van der Waals surface area contributed by atoms with Gasteiger partial charge < -0.3 is 19.9 Å². The Morgan fingerprint density at radius 3 is 2.79 bits per heavy atom. The number of carbonyl (C=O) groups is 3. The molecule has 0 spiro atoms. The number of nitrogens with one attached hydrogen (secondary N) is 1. The number of carbonyl (C=O) groups excluding carboxylic acids is 3. The van der Waals surface area contributed by atoms with Crippen molar-refractivity contribution in [1.82, 2.24) is 9.80 Å². The second-order valence-corrected chi connectivity index (χ2v) is 7.48. The molecule has 7 nitrogen and oxygen atoms in total. The Morgan fingerprint density at radius 1 is 1.21 bits per heavy atom. The number of hydrogen-bond acceptors (Lipinski definition) is 4. The summed E-state index contributed by atoms with van der Waals surface area (Å²) in [6.45, 7) is 0.961. The third-order valence-electron chi connectivity index (χ3n) is 5.37. The molecule has 1 unspecified atom stereocenters. The van der Waals surface area contributed by atoms with E-state index in [0.29, 0.717) is 23.8 Å².